The van der Waals surface area contributed by atoms with Gasteiger partial charge in [-0.25, -0.2) is 9.97 Å². The minimum atomic E-state index is -0.234. The molecule has 1 N–H and O–H groups in total. The van der Waals surface area contributed by atoms with Gasteiger partial charge in [-0.15, -0.1) is 0 Å². The van der Waals surface area contributed by atoms with E-state index >= 15 is 0 Å². The second-order valence-corrected chi connectivity index (χ2v) is 4.82. The second-order valence-electron chi connectivity index (χ2n) is 3.96. The van der Waals surface area contributed by atoms with E-state index in [9.17, 15) is 4.79 Å². The molecule has 0 spiro atoms. The van der Waals surface area contributed by atoms with Crippen molar-refractivity contribution in [2.75, 3.05) is 5.32 Å². The van der Waals surface area contributed by atoms with Crippen molar-refractivity contribution in [3.8, 4) is 0 Å². The van der Waals surface area contributed by atoms with E-state index in [0.29, 0.717) is 5.69 Å². The van der Waals surface area contributed by atoms with E-state index in [1.807, 2.05) is 32.0 Å². The molecule has 1 aromatic heterocycles. The molecule has 2 rings (SSSR count). The lowest BCUT2D eigenvalue weighted by Gasteiger charge is -2.06. The molecule has 1 heterocycles. The van der Waals surface area contributed by atoms with Gasteiger partial charge in [-0.05, 0) is 43.7 Å². The Kier molecular flexibility index (Phi) is 3.72. The summed E-state index contributed by atoms with van der Waals surface area (Å²) < 4.78 is 1.01. The Bertz CT molecular complexity index is 599. The van der Waals surface area contributed by atoms with Crippen LogP contribution in [0.25, 0.3) is 0 Å². The summed E-state index contributed by atoms with van der Waals surface area (Å²) in [6.07, 6.45) is 1.39. The molecule has 0 fully saturated rings. The van der Waals surface area contributed by atoms with Crippen LogP contribution in [0.2, 0.25) is 0 Å². The fourth-order valence-electron chi connectivity index (χ4n) is 1.50. The standard InChI is InChI=1S/C13H12BrN3O/c1-8-5-10(3-4-11(8)14)17-13(18)12-6-9(2)15-7-16-12/h3-7H,1-2H3,(H,17,18). The van der Waals surface area contributed by atoms with E-state index in [0.717, 1.165) is 21.4 Å². The summed E-state index contributed by atoms with van der Waals surface area (Å²) in [5, 5.41) is 2.80. The number of anilines is 1. The topological polar surface area (TPSA) is 54.9 Å². The van der Waals surface area contributed by atoms with E-state index in [-0.39, 0.29) is 5.91 Å². The lowest BCUT2D eigenvalue weighted by atomic mass is 10.2. The van der Waals surface area contributed by atoms with Crippen molar-refractivity contribution < 1.29 is 4.79 Å². The Morgan fingerprint density at radius 1 is 1.22 bits per heavy atom. The summed E-state index contributed by atoms with van der Waals surface area (Å²) >= 11 is 3.42. The molecule has 1 amide bonds. The zero-order valence-corrected chi connectivity index (χ0v) is 11.7. The number of aromatic nitrogens is 2. The fraction of sp³-hybridized carbons (Fsp3) is 0.154. The highest BCUT2D eigenvalue weighted by molar-refractivity contribution is 9.10. The zero-order valence-electron chi connectivity index (χ0n) is 10.1. The first-order valence-electron chi connectivity index (χ1n) is 5.42. The van der Waals surface area contributed by atoms with Crippen LogP contribution in [0, 0.1) is 13.8 Å². The summed E-state index contributed by atoms with van der Waals surface area (Å²) in [6.45, 7) is 3.79. The number of halogens is 1. The number of nitrogens with zero attached hydrogens (tertiary/aromatic N) is 2. The minimum absolute atomic E-state index is 0.234. The Morgan fingerprint density at radius 3 is 2.67 bits per heavy atom. The third-order valence-corrected chi connectivity index (χ3v) is 3.34. The van der Waals surface area contributed by atoms with Gasteiger partial charge in [0.05, 0.1) is 0 Å². The maximum Gasteiger partial charge on any atom is 0.274 e. The molecule has 0 unspecified atom stereocenters. The van der Waals surface area contributed by atoms with E-state index < -0.39 is 0 Å². The third kappa shape index (κ3) is 2.92. The average Bonchev–Trinajstić information content (AvgIpc) is 2.34. The van der Waals surface area contributed by atoms with Gasteiger partial charge in [0.2, 0.25) is 0 Å². The molecular weight excluding hydrogens is 294 g/mol. The molecule has 0 saturated heterocycles. The quantitative estimate of drug-likeness (QED) is 0.927. The Balaban J connectivity index is 2.18. The molecule has 0 atom stereocenters. The molecular formula is C13H12BrN3O. The maximum absolute atomic E-state index is 11.9. The molecule has 2 aromatic rings. The highest BCUT2D eigenvalue weighted by atomic mass is 79.9. The van der Waals surface area contributed by atoms with Gasteiger partial charge in [0.1, 0.15) is 12.0 Å². The summed E-state index contributed by atoms with van der Waals surface area (Å²) in [4.78, 5) is 19.9. The first kappa shape index (κ1) is 12.7. The number of amides is 1. The van der Waals surface area contributed by atoms with Crippen molar-refractivity contribution in [1.82, 2.24) is 9.97 Å². The first-order valence-corrected chi connectivity index (χ1v) is 6.22. The summed E-state index contributed by atoms with van der Waals surface area (Å²) in [5.41, 5.74) is 2.94. The molecule has 0 saturated carbocycles. The molecule has 0 aliphatic rings. The molecule has 0 aliphatic carbocycles. The van der Waals surface area contributed by atoms with Gasteiger partial charge in [-0.2, -0.15) is 0 Å². The van der Waals surface area contributed by atoms with Crippen molar-refractivity contribution in [2.24, 2.45) is 0 Å². The predicted molar refractivity (Wildman–Crippen MR) is 73.6 cm³/mol. The van der Waals surface area contributed by atoms with Crippen LogP contribution < -0.4 is 5.32 Å². The van der Waals surface area contributed by atoms with Crippen molar-refractivity contribution in [2.45, 2.75) is 13.8 Å². The van der Waals surface area contributed by atoms with Gasteiger partial charge in [0, 0.05) is 15.9 Å². The van der Waals surface area contributed by atoms with E-state index in [2.05, 4.69) is 31.2 Å². The molecule has 5 heteroatoms. The van der Waals surface area contributed by atoms with Crippen LogP contribution >= 0.6 is 15.9 Å². The van der Waals surface area contributed by atoms with E-state index in [4.69, 9.17) is 0 Å². The highest BCUT2D eigenvalue weighted by Crippen LogP contribution is 2.20. The van der Waals surface area contributed by atoms with Crippen molar-refractivity contribution in [3.63, 3.8) is 0 Å². The zero-order chi connectivity index (χ0) is 13.1. The largest absolute Gasteiger partial charge is 0.321 e. The van der Waals surface area contributed by atoms with E-state index in [1.165, 1.54) is 6.33 Å². The van der Waals surface area contributed by atoms with E-state index in [1.54, 1.807) is 6.07 Å². The molecule has 0 radical (unpaired) electrons. The van der Waals surface area contributed by atoms with Crippen molar-refractivity contribution in [1.29, 1.82) is 0 Å². The minimum Gasteiger partial charge on any atom is -0.321 e. The summed E-state index contributed by atoms with van der Waals surface area (Å²) in [7, 11) is 0. The van der Waals surface area contributed by atoms with Crippen LogP contribution in [0.4, 0.5) is 5.69 Å². The summed E-state index contributed by atoms with van der Waals surface area (Å²) in [5.74, 6) is -0.234. The molecule has 1 aromatic carbocycles. The number of nitrogens with one attached hydrogen (secondary N) is 1. The summed E-state index contributed by atoms with van der Waals surface area (Å²) in [6, 6.07) is 7.29. The van der Waals surface area contributed by atoms with Gasteiger partial charge >= 0.3 is 0 Å². The molecule has 4 nitrogen and oxygen atoms in total. The van der Waals surface area contributed by atoms with Crippen LogP contribution in [0.15, 0.2) is 35.1 Å². The van der Waals surface area contributed by atoms with Crippen molar-refractivity contribution >= 4 is 27.5 Å². The van der Waals surface area contributed by atoms with Gasteiger partial charge in [0.15, 0.2) is 0 Å². The number of hydrogen-bond donors (Lipinski definition) is 1. The number of carbonyl (C=O) groups is 1. The van der Waals surface area contributed by atoms with Crippen LogP contribution in [0.3, 0.4) is 0 Å². The van der Waals surface area contributed by atoms with Crippen LogP contribution in [-0.4, -0.2) is 15.9 Å². The number of hydrogen-bond acceptors (Lipinski definition) is 3. The Labute approximate surface area is 114 Å². The van der Waals surface area contributed by atoms with Gasteiger partial charge < -0.3 is 5.32 Å². The van der Waals surface area contributed by atoms with Crippen LogP contribution in [-0.2, 0) is 0 Å². The molecule has 92 valence electrons. The maximum atomic E-state index is 11.9. The van der Waals surface area contributed by atoms with Crippen molar-refractivity contribution in [3.05, 3.63) is 52.0 Å². The fourth-order valence-corrected chi connectivity index (χ4v) is 1.74. The first-order chi connectivity index (χ1) is 8.56. The van der Waals surface area contributed by atoms with Crippen LogP contribution in [0.5, 0.6) is 0 Å². The van der Waals surface area contributed by atoms with Gasteiger partial charge in [0.25, 0.3) is 5.91 Å². The predicted octanol–water partition coefficient (Wildman–Crippen LogP) is 3.11. The number of aryl methyl sites for hydroxylation is 2. The molecule has 0 aliphatic heterocycles. The normalized spacial score (nSPS) is 10.2. The second kappa shape index (κ2) is 5.27. The Morgan fingerprint density at radius 2 is 2.00 bits per heavy atom. The lowest BCUT2D eigenvalue weighted by Crippen LogP contribution is -2.14. The number of carbonyl (C=O) groups excluding carboxylic acids is 1. The highest BCUT2D eigenvalue weighted by Gasteiger charge is 2.08. The van der Waals surface area contributed by atoms with Crippen LogP contribution in [0.1, 0.15) is 21.7 Å². The molecule has 0 bridgehead atoms. The smallest absolute Gasteiger partial charge is 0.274 e. The average molecular weight is 306 g/mol. The lowest BCUT2D eigenvalue weighted by molar-refractivity contribution is 0.102. The number of benzene rings is 1. The molecule has 18 heavy (non-hydrogen) atoms. The Hall–Kier alpha value is -1.75. The third-order valence-electron chi connectivity index (χ3n) is 2.45. The van der Waals surface area contributed by atoms with Gasteiger partial charge in [-0.1, -0.05) is 15.9 Å². The number of rotatable bonds is 2. The SMILES string of the molecule is Cc1cc(C(=O)Nc2ccc(Br)c(C)c2)ncn1. The monoisotopic (exact) mass is 305 g/mol. The van der Waals surface area contributed by atoms with Gasteiger partial charge in [-0.3, -0.25) is 4.79 Å².